The number of thiophene rings is 1. The molecular formula is C13H16N2O2S2. The molecule has 0 saturated heterocycles. The highest BCUT2D eigenvalue weighted by Gasteiger charge is 2.16. The van der Waals surface area contributed by atoms with Crippen LogP contribution in [0.4, 0.5) is 5.69 Å². The Bertz CT molecular complexity index is 663. The van der Waals surface area contributed by atoms with E-state index < -0.39 is 10.0 Å². The summed E-state index contributed by atoms with van der Waals surface area (Å²) in [6, 6.07) is 10.8. The summed E-state index contributed by atoms with van der Waals surface area (Å²) in [6.45, 7) is 2.60. The van der Waals surface area contributed by atoms with Gasteiger partial charge >= 0.3 is 0 Å². The van der Waals surface area contributed by atoms with Gasteiger partial charge < -0.3 is 5.32 Å². The molecule has 2 rings (SSSR count). The summed E-state index contributed by atoms with van der Waals surface area (Å²) in [5.41, 5.74) is 1.60. The highest BCUT2D eigenvalue weighted by molar-refractivity contribution is 7.94. The maximum atomic E-state index is 12.2. The number of hydrogen-bond acceptors (Lipinski definition) is 4. The normalized spacial score (nSPS) is 11.5. The Hall–Kier alpha value is -1.37. The first-order valence-electron chi connectivity index (χ1n) is 5.84. The molecule has 0 spiro atoms. The molecule has 2 aromatic rings. The van der Waals surface area contributed by atoms with Gasteiger partial charge in [0, 0.05) is 17.1 Å². The van der Waals surface area contributed by atoms with Crippen molar-refractivity contribution in [2.45, 2.75) is 17.7 Å². The lowest BCUT2D eigenvalue weighted by molar-refractivity contribution is 0.603. The third kappa shape index (κ3) is 3.56. The Morgan fingerprint density at radius 2 is 2.00 bits per heavy atom. The van der Waals surface area contributed by atoms with Crippen LogP contribution < -0.4 is 10.0 Å². The Morgan fingerprint density at radius 3 is 2.68 bits per heavy atom. The van der Waals surface area contributed by atoms with Crippen molar-refractivity contribution in [3.05, 3.63) is 46.8 Å². The predicted octanol–water partition coefficient (Wildman–Crippen LogP) is 2.58. The third-order valence-corrected chi connectivity index (χ3v) is 5.48. The van der Waals surface area contributed by atoms with Crippen molar-refractivity contribution in [2.75, 3.05) is 11.8 Å². The maximum Gasteiger partial charge on any atom is 0.271 e. The minimum absolute atomic E-state index is 0.333. The first-order valence-corrected chi connectivity index (χ1v) is 8.14. The van der Waals surface area contributed by atoms with Crippen LogP contribution in [0.1, 0.15) is 10.4 Å². The lowest BCUT2D eigenvalue weighted by Crippen LogP contribution is -2.11. The van der Waals surface area contributed by atoms with Crippen molar-refractivity contribution in [3.63, 3.8) is 0 Å². The Balaban J connectivity index is 2.22. The van der Waals surface area contributed by atoms with E-state index in [4.69, 9.17) is 0 Å². The number of aryl methyl sites for hydroxylation is 1. The number of nitrogens with one attached hydrogen (secondary N) is 2. The van der Waals surface area contributed by atoms with Gasteiger partial charge in [0.05, 0.1) is 0 Å². The summed E-state index contributed by atoms with van der Waals surface area (Å²) < 4.78 is 27.3. The van der Waals surface area contributed by atoms with E-state index in [1.165, 1.54) is 11.3 Å². The number of sulfonamides is 1. The summed E-state index contributed by atoms with van der Waals surface area (Å²) in [4.78, 5) is 0.993. The molecule has 4 nitrogen and oxygen atoms in total. The van der Waals surface area contributed by atoms with Crippen LogP contribution >= 0.6 is 11.3 Å². The van der Waals surface area contributed by atoms with Crippen LogP contribution in [-0.2, 0) is 16.6 Å². The smallest absolute Gasteiger partial charge is 0.271 e. The van der Waals surface area contributed by atoms with E-state index >= 15 is 0 Å². The van der Waals surface area contributed by atoms with Gasteiger partial charge in [0.1, 0.15) is 4.21 Å². The molecule has 0 aliphatic heterocycles. The topological polar surface area (TPSA) is 58.2 Å². The summed E-state index contributed by atoms with van der Waals surface area (Å²) in [7, 11) is -1.65. The first kappa shape index (κ1) is 14.0. The summed E-state index contributed by atoms with van der Waals surface area (Å²) >= 11 is 1.27. The standard InChI is InChI=1S/C13H16N2O2S2/c1-10-4-3-5-11(8-10)15-19(16,17)13-7-6-12(18-13)9-14-2/h3-8,14-15H,9H2,1-2H3. The number of hydrogen-bond donors (Lipinski definition) is 2. The van der Waals surface area contributed by atoms with E-state index in [0.29, 0.717) is 16.4 Å². The number of rotatable bonds is 5. The third-order valence-electron chi connectivity index (χ3n) is 2.52. The van der Waals surface area contributed by atoms with E-state index in [2.05, 4.69) is 10.0 Å². The molecule has 0 aliphatic carbocycles. The van der Waals surface area contributed by atoms with E-state index in [1.54, 1.807) is 18.2 Å². The second-order valence-corrected chi connectivity index (χ2v) is 7.30. The zero-order valence-corrected chi connectivity index (χ0v) is 12.4. The molecule has 2 N–H and O–H groups in total. The molecule has 6 heteroatoms. The highest BCUT2D eigenvalue weighted by Crippen LogP contribution is 2.24. The van der Waals surface area contributed by atoms with Crippen LogP contribution in [0.3, 0.4) is 0 Å². The quantitative estimate of drug-likeness (QED) is 0.891. The van der Waals surface area contributed by atoms with Crippen LogP contribution in [0.5, 0.6) is 0 Å². The maximum absolute atomic E-state index is 12.2. The molecule has 19 heavy (non-hydrogen) atoms. The monoisotopic (exact) mass is 296 g/mol. The van der Waals surface area contributed by atoms with Gasteiger partial charge in [0.15, 0.2) is 0 Å². The molecule has 0 bridgehead atoms. The molecular weight excluding hydrogens is 280 g/mol. The van der Waals surface area contributed by atoms with E-state index in [9.17, 15) is 8.42 Å². The van der Waals surface area contributed by atoms with Gasteiger partial charge in [-0.1, -0.05) is 12.1 Å². The van der Waals surface area contributed by atoms with Crippen molar-refractivity contribution in [1.82, 2.24) is 5.32 Å². The molecule has 102 valence electrons. The molecule has 0 radical (unpaired) electrons. The van der Waals surface area contributed by atoms with Crippen LogP contribution in [0.15, 0.2) is 40.6 Å². The van der Waals surface area contributed by atoms with Crippen molar-refractivity contribution in [2.24, 2.45) is 0 Å². The Labute approximate surface area is 117 Å². The van der Waals surface area contributed by atoms with Crippen molar-refractivity contribution < 1.29 is 8.42 Å². The lowest BCUT2D eigenvalue weighted by atomic mass is 10.2. The van der Waals surface area contributed by atoms with Crippen LogP contribution in [0, 0.1) is 6.92 Å². The average molecular weight is 296 g/mol. The van der Waals surface area contributed by atoms with E-state index in [-0.39, 0.29) is 0 Å². The van der Waals surface area contributed by atoms with Gasteiger partial charge in [-0.25, -0.2) is 8.42 Å². The molecule has 1 aromatic carbocycles. The first-order chi connectivity index (χ1) is 9.01. The Kier molecular flexibility index (Phi) is 4.24. The van der Waals surface area contributed by atoms with Gasteiger partial charge in [0.25, 0.3) is 10.0 Å². The largest absolute Gasteiger partial charge is 0.315 e. The van der Waals surface area contributed by atoms with Gasteiger partial charge in [-0.2, -0.15) is 0 Å². The second-order valence-electron chi connectivity index (χ2n) is 4.23. The average Bonchev–Trinajstić information content (AvgIpc) is 2.78. The van der Waals surface area contributed by atoms with Crippen LogP contribution in [-0.4, -0.2) is 15.5 Å². The van der Waals surface area contributed by atoms with Crippen LogP contribution in [0.2, 0.25) is 0 Å². The lowest BCUT2D eigenvalue weighted by Gasteiger charge is -2.06. The molecule has 0 atom stereocenters. The zero-order chi connectivity index (χ0) is 13.9. The molecule has 0 unspecified atom stereocenters. The minimum Gasteiger partial charge on any atom is -0.315 e. The molecule has 0 amide bonds. The van der Waals surface area contributed by atoms with Crippen molar-refractivity contribution in [1.29, 1.82) is 0 Å². The van der Waals surface area contributed by atoms with Gasteiger partial charge in [-0.05, 0) is 43.8 Å². The van der Waals surface area contributed by atoms with Crippen molar-refractivity contribution >= 4 is 27.0 Å². The molecule has 0 saturated carbocycles. The SMILES string of the molecule is CNCc1ccc(S(=O)(=O)Nc2cccc(C)c2)s1. The number of anilines is 1. The minimum atomic E-state index is -3.49. The van der Waals surface area contributed by atoms with Gasteiger partial charge in [-0.3, -0.25) is 4.72 Å². The van der Waals surface area contributed by atoms with E-state index in [1.807, 2.05) is 32.2 Å². The number of benzene rings is 1. The van der Waals surface area contributed by atoms with Gasteiger partial charge in [-0.15, -0.1) is 11.3 Å². The van der Waals surface area contributed by atoms with Crippen LogP contribution in [0.25, 0.3) is 0 Å². The Morgan fingerprint density at radius 1 is 1.21 bits per heavy atom. The van der Waals surface area contributed by atoms with E-state index in [0.717, 1.165) is 10.4 Å². The fraction of sp³-hybridized carbons (Fsp3) is 0.231. The zero-order valence-electron chi connectivity index (χ0n) is 10.8. The van der Waals surface area contributed by atoms with Gasteiger partial charge in [0.2, 0.25) is 0 Å². The molecule has 1 aromatic heterocycles. The summed E-state index contributed by atoms with van der Waals surface area (Å²) in [5.74, 6) is 0. The van der Waals surface area contributed by atoms with Crippen molar-refractivity contribution in [3.8, 4) is 0 Å². The predicted molar refractivity (Wildman–Crippen MR) is 79.1 cm³/mol. The summed E-state index contributed by atoms with van der Waals surface area (Å²) in [5, 5.41) is 3.00. The highest BCUT2D eigenvalue weighted by atomic mass is 32.2. The fourth-order valence-electron chi connectivity index (χ4n) is 1.69. The molecule has 0 aliphatic rings. The fourth-order valence-corrected chi connectivity index (χ4v) is 4.10. The summed E-state index contributed by atoms with van der Waals surface area (Å²) in [6.07, 6.45) is 0. The molecule has 1 heterocycles. The second kappa shape index (κ2) is 5.73. The molecule has 0 fully saturated rings.